The number of carbonyl (C=O) groups excluding carboxylic acids is 1. The number of amides is 1. The van der Waals surface area contributed by atoms with E-state index < -0.39 is 11.8 Å². The Balaban J connectivity index is 1.46. The largest absolute Gasteiger partial charge is 0.573 e. The van der Waals surface area contributed by atoms with Gasteiger partial charge in [0.25, 0.3) is 0 Å². The maximum absolute atomic E-state index is 12.7. The van der Waals surface area contributed by atoms with Crippen LogP contribution < -0.4 is 10.1 Å². The lowest BCUT2D eigenvalue weighted by atomic mass is 10.0. The third-order valence-electron chi connectivity index (χ3n) is 4.59. The van der Waals surface area contributed by atoms with Gasteiger partial charge in [0, 0.05) is 18.2 Å². The van der Waals surface area contributed by atoms with Gasteiger partial charge in [-0.3, -0.25) is 4.79 Å². The first-order valence-electron chi connectivity index (χ1n) is 8.50. The first-order valence-corrected chi connectivity index (χ1v) is 9.38. The molecule has 3 aromatic rings. The Kier molecular flexibility index (Phi) is 4.62. The number of nitrogens with one attached hydrogen (secondary N) is 1. The van der Waals surface area contributed by atoms with Gasteiger partial charge in [-0.05, 0) is 30.4 Å². The summed E-state index contributed by atoms with van der Waals surface area (Å²) >= 11 is 1.50. The van der Waals surface area contributed by atoms with Gasteiger partial charge in [0.1, 0.15) is 5.75 Å². The van der Waals surface area contributed by atoms with E-state index in [1.54, 1.807) is 12.1 Å². The van der Waals surface area contributed by atoms with Gasteiger partial charge in [-0.1, -0.05) is 29.4 Å². The summed E-state index contributed by atoms with van der Waals surface area (Å²) in [6, 6.07) is 11.3. The van der Waals surface area contributed by atoms with Crippen molar-refractivity contribution < 1.29 is 27.2 Å². The van der Waals surface area contributed by atoms with Crippen molar-refractivity contribution in [3.05, 3.63) is 59.1 Å². The molecule has 4 rings (SSSR count). The van der Waals surface area contributed by atoms with Crippen molar-refractivity contribution in [2.24, 2.45) is 0 Å². The van der Waals surface area contributed by atoms with Crippen LogP contribution in [0.3, 0.4) is 0 Å². The number of hydrogen-bond donors (Lipinski definition) is 1. The van der Waals surface area contributed by atoms with E-state index in [0.717, 1.165) is 4.88 Å². The van der Waals surface area contributed by atoms with Crippen LogP contribution in [0.5, 0.6) is 5.75 Å². The molecule has 146 valence electrons. The number of para-hydroxylation sites is 1. The highest BCUT2D eigenvalue weighted by Gasteiger charge is 2.53. The van der Waals surface area contributed by atoms with Gasteiger partial charge >= 0.3 is 6.36 Å². The molecule has 1 saturated carbocycles. The van der Waals surface area contributed by atoms with Crippen molar-refractivity contribution in [3.63, 3.8) is 0 Å². The second kappa shape index (κ2) is 6.97. The molecule has 0 saturated heterocycles. The van der Waals surface area contributed by atoms with E-state index in [0.29, 0.717) is 24.3 Å². The molecule has 0 bridgehead atoms. The zero-order valence-electron chi connectivity index (χ0n) is 14.5. The number of alkyl halides is 3. The molecule has 0 aliphatic heterocycles. The third kappa shape index (κ3) is 3.75. The topological polar surface area (TPSA) is 64.4 Å². The fourth-order valence-corrected chi connectivity index (χ4v) is 3.65. The highest BCUT2D eigenvalue weighted by molar-refractivity contribution is 7.13. The molecular weight excluding hydrogens is 393 g/mol. The highest BCUT2D eigenvalue weighted by Crippen LogP contribution is 2.48. The predicted molar refractivity (Wildman–Crippen MR) is 95.7 cm³/mol. The summed E-state index contributed by atoms with van der Waals surface area (Å²) in [7, 11) is 0. The molecule has 0 atom stereocenters. The summed E-state index contributed by atoms with van der Waals surface area (Å²) in [6.45, 7) is -0.0809. The zero-order valence-corrected chi connectivity index (χ0v) is 15.3. The quantitative estimate of drug-likeness (QED) is 0.645. The normalized spacial score (nSPS) is 15.2. The fourth-order valence-electron chi connectivity index (χ4n) is 2.98. The summed E-state index contributed by atoms with van der Waals surface area (Å²) in [5, 5.41) is 8.67. The van der Waals surface area contributed by atoms with E-state index in [-0.39, 0.29) is 23.8 Å². The van der Waals surface area contributed by atoms with E-state index in [1.807, 2.05) is 17.5 Å². The van der Waals surface area contributed by atoms with Crippen molar-refractivity contribution >= 4 is 17.2 Å². The van der Waals surface area contributed by atoms with Gasteiger partial charge in [-0.15, -0.1) is 24.5 Å². The number of ether oxygens (including phenoxy) is 1. The van der Waals surface area contributed by atoms with Crippen molar-refractivity contribution in [3.8, 4) is 16.4 Å². The standard InChI is InChI=1S/C19H15F3N2O3S/c20-19(21,22)26-13-5-2-1-4-12(13)11-23-17(25)18(7-8-18)16-10-14(27-24-16)15-6-3-9-28-15/h1-6,9-10H,7-8,11H2,(H,23,25). The van der Waals surface area contributed by atoms with Crippen LogP contribution in [-0.4, -0.2) is 17.4 Å². The molecule has 9 heteroatoms. The number of benzene rings is 1. The van der Waals surface area contributed by atoms with Gasteiger partial charge in [-0.25, -0.2) is 0 Å². The van der Waals surface area contributed by atoms with Crippen molar-refractivity contribution in [2.75, 3.05) is 0 Å². The minimum Gasteiger partial charge on any atom is -0.405 e. The van der Waals surface area contributed by atoms with Crippen LogP contribution in [-0.2, 0) is 16.8 Å². The molecule has 2 aromatic heterocycles. The van der Waals surface area contributed by atoms with E-state index >= 15 is 0 Å². The fraction of sp³-hybridized carbons (Fsp3) is 0.263. The first-order chi connectivity index (χ1) is 13.4. The van der Waals surface area contributed by atoms with Crippen LogP contribution in [0.2, 0.25) is 0 Å². The Morgan fingerprint density at radius 2 is 2.04 bits per heavy atom. The van der Waals surface area contributed by atoms with Crippen LogP contribution >= 0.6 is 11.3 Å². The minimum atomic E-state index is -4.79. The van der Waals surface area contributed by atoms with Gasteiger partial charge in [-0.2, -0.15) is 0 Å². The molecule has 1 N–H and O–H groups in total. The Morgan fingerprint density at radius 3 is 2.71 bits per heavy atom. The number of rotatable bonds is 6. The Labute approximate surface area is 162 Å². The molecule has 1 fully saturated rings. The predicted octanol–water partition coefficient (Wildman–Crippen LogP) is 4.65. The number of thiophene rings is 1. The number of aromatic nitrogens is 1. The number of nitrogens with zero attached hydrogens (tertiary/aromatic N) is 1. The SMILES string of the molecule is O=C(NCc1ccccc1OC(F)(F)F)C1(c2cc(-c3cccs3)on2)CC1. The lowest BCUT2D eigenvalue weighted by Crippen LogP contribution is -2.34. The summed E-state index contributed by atoms with van der Waals surface area (Å²) < 4.78 is 47.0. The monoisotopic (exact) mass is 408 g/mol. The van der Waals surface area contributed by atoms with Crippen molar-refractivity contribution in [1.29, 1.82) is 0 Å². The second-order valence-electron chi connectivity index (χ2n) is 6.47. The lowest BCUT2D eigenvalue weighted by molar-refractivity contribution is -0.274. The smallest absolute Gasteiger partial charge is 0.405 e. The number of carbonyl (C=O) groups is 1. The highest BCUT2D eigenvalue weighted by atomic mass is 32.1. The Hall–Kier alpha value is -2.81. The molecule has 0 unspecified atom stereocenters. The molecule has 0 spiro atoms. The third-order valence-corrected chi connectivity index (χ3v) is 5.47. The van der Waals surface area contributed by atoms with Crippen LogP contribution in [0, 0.1) is 0 Å². The van der Waals surface area contributed by atoms with Crippen LogP contribution in [0.15, 0.2) is 52.4 Å². The van der Waals surface area contributed by atoms with Crippen molar-refractivity contribution in [2.45, 2.75) is 31.2 Å². The van der Waals surface area contributed by atoms with Gasteiger partial charge in [0.15, 0.2) is 5.76 Å². The van der Waals surface area contributed by atoms with E-state index in [4.69, 9.17) is 4.52 Å². The Bertz CT molecular complexity index is 978. The Morgan fingerprint density at radius 1 is 1.25 bits per heavy atom. The molecular formula is C19H15F3N2O3S. The molecule has 5 nitrogen and oxygen atoms in total. The van der Waals surface area contributed by atoms with E-state index in [9.17, 15) is 18.0 Å². The average molecular weight is 408 g/mol. The van der Waals surface area contributed by atoms with Crippen LogP contribution in [0.1, 0.15) is 24.1 Å². The van der Waals surface area contributed by atoms with Gasteiger partial charge in [0.2, 0.25) is 5.91 Å². The molecule has 1 aliphatic rings. The first kappa shape index (κ1) is 18.5. The molecule has 2 heterocycles. The van der Waals surface area contributed by atoms with E-state index in [2.05, 4.69) is 15.2 Å². The molecule has 1 aromatic carbocycles. The lowest BCUT2D eigenvalue weighted by Gasteiger charge is -2.15. The number of halogens is 3. The summed E-state index contributed by atoms with van der Waals surface area (Å²) in [5.74, 6) is -0.0325. The average Bonchev–Trinajstić information content (AvgIpc) is 3.07. The maximum Gasteiger partial charge on any atom is 0.573 e. The molecule has 1 aliphatic carbocycles. The van der Waals surface area contributed by atoms with Crippen molar-refractivity contribution in [1.82, 2.24) is 10.5 Å². The van der Waals surface area contributed by atoms with Crippen LogP contribution in [0.25, 0.3) is 10.6 Å². The zero-order chi connectivity index (χ0) is 19.8. The van der Waals surface area contributed by atoms with E-state index in [1.165, 1.54) is 29.5 Å². The summed E-state index contributed by atoms with van der Waals surface area (Å²) in [4.78, 5) is 13.7. The molecule has 0 radical (unpaired) electrons. The van der Waals surface area contributed by atoms with Crippen LogP contribution in [0.4, 0.5) is 13.2 Å². The summed E-state index contributed by atoms with van der Waals surface area (Å²) in [6.07, 6.45) is -3.58. The second-order valence-corrected chi connectivity index (χ2v) is 7.42. The minimum absolute atomic E-state index is 0.0809. The molecule has 28 heavy (non-hydrogen) atoms. The van der Waals surface area contributed by atoms with Gasteiger partial charge < -0.3 is 14.6 Å². The number of hydrogen-bond acceptors (Lipinski definition) is 5. The maximum atomic E-state index is 12.7. The van der Waals surface area contributed by atoms with Gasteiger partial charge in [0.05, 0.1) is 16.0 Å². The molecule has 1 amide bonds. The summed E-state index contributed by atoms with van der Waals surface area (Å²) in [5.41, 5.74) is -0.0182.